The molecule has 0 saturated carbocycles. The monoisotopic (exact) mass is 274 g/mol. The Bertz CT molecular complexity index is 390. The number of benzene rings is 1. The summed E-state index contributed by atoms with van der Waals surface area (Å²) in [4.78, 5) is 2.72. The molecule has 0 amide bonds. The molecule has 1 aromatic carbocycles. The molecule has 20 heavy (non-hydrogen) atoms. The van der Waals surface area contributed by atoms with Crippen molar-refractivity contribution in [2.24, 2.45) is 0 Å². The standard InChI is InChI=1S/C18H30N2/c1-4-6-13-20-15-18(3,16-11-8-7-9-12-16)19-14-17(20)10-5-2/h7-9,11-12,17,19H,4-6,10,13-15H2,1-3H3. The van der Waals surface area contributed by atoms with Gasteiger partial charge in [0.1, 0.15) is 0 Å². The fraction of sp³-hybridized carbons (Fsp3) is 0.667. The summed E-state index contributed by atoms with van der Waals surface area (Å²) in [6.45, 7) is 10.4. The quantitative estimate of drug-likeness (QED) is 0.849. The van der Waals surface area contributed by atoms with Gasteiger partial charge in [-0.15, -0.1) is 0 Å². The second-order valence-electron chi connectivity index (χ2n) is 6.35. The summed E-state index contributed by atoms with van der Waals surface area (Å²) in [5, 5.41) is 3.81. The van der Waals surface area contributed by atoms with E-state index in [4.69, 9.17) is 0 Å². The number of nitrogens with one attached hydrogen (secondary N) is 1. The van der Waals surface area contributed by atoms with Crippen LogP contribution in [0.2, 0.25) is 0 Å². The van der Waals surface area contributed by atoms with Gasteiger partial charge in [0.15, 0.2) is 0 Å². The highest BCUT2D eigenvalue weighted by Crippen LogP contribution is 2.27. The molecule has 2 unspecified atom stereocenters. The highest BCUT2D eigenvalue weighted by Gasteiger charge is 2.36. The van der Waals surface area contributed by atoms with Crippen molar-refractivity contribution in [2.75, 3.05) is 19.6 Å². The third-order valence-electron chi connectivity index (χ3n) is 4.60. The Hall–Kier alpha value is -0.860. The van der Waals surface area contributed by atoms with E-state index in [1.807, 2.05) is 0 Å². The normalized spacial score (nSPS) is 27.6. The van der Waals surface area contributed by atoms with E-state index in [1.54, 1.807) is 0 Å². The molecule has 1 fully saturated rings. The molecule has 0 radical (unpaired) electrons. The van der Waals surface area contributed by atoms with Crippen LogP contribution in [0.5, 0.6) is 0 Å². The van der Waals surface area contributed by atoms with Crippen molar-refractivity contribution in [3.05, 3.63) is 35.9 Å². The summed E-state index contributed by atoms with van der Waals surface area (Å²) in [7, 11) is 0. The molecule has 0 aliphatic carbocycles. The Morgan fingerprint density at radius 1 is 1.20 bits per heavy atom. The van der Waals surface area contributed by atoms with E-state index in [9.17, 15) is 0 Å². The summed E-state index contributed by atoms with van der Waals surface area (Å²) in [6, 6.07) is 11.6. The van der Waals surface area contributed by atoms with Gasteiger partial charge in [-0.1, -0.05) is 57.0 Å². The Morgan fingerprint density at radius 3 is 2.60 bits per heavy atom. The summed E-state index contributed by atoms with van der Waals surface area (Å²) in [6.07, 6.45) is 5.18. The molecular weight excluding hydrogens is 244 g/mol. The molecule has 1 N–H and O–H groups in total. The predicted octanol–water partition coefficient (Wildman–Crippen LogP) is 3.78. The van der Waals surface area contributed by atoms with E-state index in [1.165, 1.54) is 37.8 Å². The average Bonchev–Trinajstić information content (AvgIpc) is 2.49. The van der Waals surface area contributed by atoms with Crippen molar-refractivity contribution in [1.29, 1.82) is 0 Å². The number of nitrogens with zero attached hydrogens (tertiary/aromatic N) is 1. The summed E-state index contributed by atoms with van der Waals surface area (Å²) >= 11 is 0. The fourth-order valence-electron chi connectivity index (χ4n) is 3.30. The molecule has 1 saturated heterocycles. The zero-order valence-electron chi connectivity index (χ0n) is 13.4. The van der Waals surface area contributed by atoms with Crippen LogP contribution in [0.4, 0.5) is 0 Å². The predicted molar refractivity (Wildman–Crippen MR) is 87.0 cm³/mol. The third kappa shape index (κ3) is 3.62. The molecular formula is C18H30N2. The zero-order valence-corrected chi connectivity index (χ0v) is 13.4. The highest BCUT2D eigenvalue weighted by molar-refractivity contribution is 5.25. The second kappa shape index (κ2) is 7.24. The van der Waals surface area contributed by atoms with E-state index in [-0.39, 0.29) is 5.54 Å². The molecule has 2 heteroatoms. The molecule has 0 bridgehead atoms. The lowest BCUT2D eigenvalue weighted by Gasteiger charge is -2.46. The van der Waals surface area contributed by atoms with Crippen molar-refractivity contribution in [2.45, 2.75) is 58.0 Å². The summed E-state index contributed by atoms with van der Waals surface area (Å²) in [5.74, 6) is 0. The molecule has 2 rings (SSSR count). The number of hydrogen-bond acceptors (Lipinski definition) is 2. The lowest BCUT2D eigenvalue weighted by Crippen LogP contribution is -2.61. The van der Waals surface area contributed by atoms with Crippen LogP contribution in [0.1, 0.15) is 52.0 Å². The Labute approximate surface area is 124 Å². The molecule has 112 valence electrons. The number of rotatable bonds is 6. The summed E-state index contributed by atoms with van der Waals surface area (Å²) in [5.41, 5.74) is 1.51. The Kier molecular flexibility index (Phi) is 5.62. The maximum atomic E-state index is 3.81. The maximum Gasteiger partial charge on any atom is 0.0535 e. The van der Waals surface area contributed by atoms with Gasteiger partial charge in [0, 0.05) is 19.1 Å². The first-order valence-corrected chi connectivity index (χ1v) is 8.24. The van der Waals surface area contributed by atoms with Gasteiger partial charge in [-0.25, -0.2) is 0 Å². The van der Waals surface area contributed by atoms with Crippen LogP contribution >= 0.6 is 0 Å². The van der Waals surface area contributed by atoms with Gasteiger partial charge in [-0.3, -0.25) is 4.90 Å². The lowest BCUT2D eigenvalue weighted by atomic mass is 9.87. The summed E-state index contributed by atoms with van der Waals surface area (Å²) < 4.78 is 0. The van der Waals surface area contributed by atoms with Crippen LogP contribution in [0.3, 0.4) is 0 Å². The topological polar surface area (TPSA) is 15.3 Å². The van der Waals surface area contributed by atoms with E-state index in [2.05, 4.69) is 61.3 Å². The highest BCUT2D eigenvalue weighted by atomic mass is 15.2. The van der Waals surface area contributed by atoms with E-state index >= 15 is 0 Å². The minimum Gasteiger partial charge on any atom is -0.305 e. The largest absolute Gasteiger partial charge is 0.305 e. The van der Waals surface area contributed by atoms with E-state index in [0.717, 1.165) is 13.1 Å². The van der Waals surface area contributed by atoms with Crippen molar-refractivity contribution in [3.8, 4) is 0 Å². The number of unbranched alkanes of at least 4 members (excludes halogenated alkanes) is 1. The molecule has 1 aliphatic rings. The van der Waals surface area contributed by atoms with Crippen molar-refractivity contribution >= 4 is 0 Å². The first-order chi connectivity index (χ1) is 9.69. The molecule has 2 atom stereocenters. The maximum absolute atomic E-state index is 3.81. The van der Waals surface area contributed by atoms with Crippen molar-refractivity contribution in [3.63, 3.8) is 0 Å². The third-order valence-corrected chi connectivity index (χ3v) is 4.60. The van der Waals surface area contributed by atoms with Gasteiger partial charge in [0.05, 0.1) is 5.54 Å². The van der Waals surface area contributed by atoms with Crippen LogP contribution in [0.15, 0.2) is 30.3 Å². The molecule has 2 nitrogen and oxygen atoms in total. The van der Waals surface area contributed by atoms with Crippen LogP contribution in [-0.2, 0) is 5.54 Å². The van der Waals surface area contributed by atoms with Gasteiger partial charge < -0.3 is 5.32 Å². The SMILES string of the molecule is CCCCN1CC(C)(c2ccccc2)NCC1CCC. The van der Waals surface area contributed by atoms with Crippen molar-refractivity contribution < 1.29 is 0 Å². The van der Waals surface area contributed by atoms with Gasteiger partial charge in [-0.2, -0.15) is 0 Å². The van der Waals surface area contributed by atoms with Crippen LogP contribution in [0, 0.1) is 0 Å². The average molecular weight is 274 g/mol. The molecule has 0 spiro atoms. The van der Waals surface area contributed by atoms with Gasteiger partial charge in [-0.05, 0) is 31.9 Å². The van der Waals surface area contributed by atoms with Crippen molar-refractivity contribution in [1.82, 2.24) is 10.2 Å². The zero-order chi connectivity index (χ0) is 14.4. The molecule has 1 aromatic rings. The fourth-order valence-corrected chi connectivity index (χ4v) is 3.30. The molecule has 1 heterocycles. The first kappa shape index (κ1) is 15.5. The second-order valence-corrected chi connectivity index (χ2v) is 6.35. The van der Waals surface area contributed by atoms with Gasteiger partial charge >= 0.3 is 0 Å². The van der Waals surface area contributed by atoms with E-state index < -0.39 is 0 Å². The van der Waals surface area contributed by atoms with Crippen LogP contribution in [-0.4, -0.2) is 30.6 Å². The minimum absolute atomic E-state index is 0.0965. The van der Waals surface area contributed by atoms with Gasteiger partial charge in [0.25, 0.3) is 0 Å². The van der Waals surface area contributed by atoms with E-state index in [0.29, 0.717) is 6.04 Å². The van der Waals surface area contributed by atoms with Crippen LogP contribution in [0.25, 0.3) is 0 Å². The first-order valence-electron chi connectivity index (χ1n) is 8.24. The van der Waals surface area contributed by atoms with Crippen LogP contribution < -0.4 is 5.32 Å². The molecule has 0 aromatic heterocycles. The Morgan fingerprint density at radius 2 is 1.95 bits per heavy atom. The minimum atomic E-state index is 0.0965. The Balaban J connectivity index is 2.10. The number of piperazine rings is 1. The molecule has 1 aliphatic heterocycles. The van der Waals surface area contributed by atoms with Gasteiger partial charge in [0.2, 0.25) is 0 Å². The lowest BCUT2D eigenvalue weighted by molar-refractivity contribution is 0.0789. The smallest absolute Gasteiger partial charge is 0.0535 e. The number of hydrogen-bond donors (Lipinski definition) is 1.